The maximum absolute atomic E-state index is 11.9. The van der Waals surface area contributed by atoms with E-state index in [4.69, 9.17) is 4.74 Å². The molecule has 2 fully saturated rings. The number of ether oxygens (including phenoxy) is 1. The molecule has 0 aromatic heterocycles. The van der Waals surface area contributed by atoms with Gasteiger partial charge in [-0.1, -0.05) is 0 Å². The summed E-state index contributed by atoms with van der Waals surface area (Å²) < 4.78 is 5.38. The predicted molar refractivity (Wildman–Crippen MR) is 49.4 cm³/mol. The molecule has 0 bridgehead atoms. The van der Waals surface area contributed by atoms with E-state index in [1.807, 2.05) is 11.8 Å². The summed E-state index contributed by atoms with van der Waals surface area (Å²) in [5.41, 5.74) is 0. The Balaban J connectivity index is 1.92. The van der Waals surface area contributed by atoms with Gasteiger partial charge in [-0.05, 0) is 32.6 Å². The van der Waals surface area contributed by atoms with Crippen molar-refractivity contribution in [3.8, 4) is 0 Å². The minimum atomic E-state index is -0.124. The first-order valence-corrected chi connectivity index (χ1v) is 5.25. The lowest BCUT2D eigenvalue weighted by molar-refractivity contribution is -0.141. The number of hydrogen-bond donors (Lipinski definition) is 0. The lowest BCUT2D eigenvalue weighted by atomic mass is 10.2. The number of hydrogen-bond acceptors (Lipinski definition) is 2. The second-order valence-corrected chi connectivity index (χ2v) is 3.86. The SMILES string of the molecule is CCN(C(=O)[C@H]1CCCO1)C1CC1. The van der Waals surface area contributed by atoms with Crippen LogP contribution in [-0.2, 0) is 9.53 Å². The molecular weight excluding hydrogens is 166 g/mol. The third kappa shape index (κ3) is 1.85. The monoisotopic (exact) mass is 183 g/mol. The molecular formula is C10H17NO2. The molecule has 1 saturated heterocycles. The van der Waals surface area contributed by atoms with Gasteiger partial charge < -0.3 is 9.64 Å². The van der Waals surface area contributed by atoms with Gasteiger partial charge >= 0.3 is 0 Å². The molecule has 2 aliphatic rings. The molecule has 13 heavy (non-hydrogen) atoms. The van der Waals surface area contributed by atoms with Crippen molar-refractivity contribution in [2.24, 2.45) is 0 Å². The first kappa shape index (κ1) is 9.00. The first-order chi connectivity index (χ1) is 6.33. The van der Waals surface area contributed by atoms with E-state index in [0.29, 0.717) is 6.04 Å². The molecule has 1 saturated carbocycles. The van der Waals surface area contributed by atoms with Crippen molar-refractivity contribution in [1.82, 2.24) is 4.90 Å². The van der Waals surface area contributed by atoms with Crippen molar-refractivity contribution < 1.29 is 9.53 Å². The van der Waals surface area contributed by atoms with Gasteiger partial charge in [0.1, 0.15) is 6.10 Å². The molecule has 1 atom stereocenters. The molecule has 1 aliphatic carbocycles. The molecule has 1 amide bonds. The maximum Gasteiger partial charge on any atom is 0.251 e. The minimum absolute atomic E-state index is 0.124. The van der Waals surface area contributed by atoms with Crippen molar-refractivity contribution in [3.63, 3.8) is 0 Å². The fourth-order valence-electron chi connectivity index (χ4n) is 1.94. The van der Waals surface area contributed by atoms with E-state index in [9.17, 15) is 4.79 Å². The zero-order chi connectivity index (χ0) is 9.26. The maximum atomic E-state index is 11.9. The Labute approximate surface area is 79.0 Å². The highest BCUT2D eigenvalue weighted by molar-refractivity contribution is 5.81. The van der Waals surface area contributed by atoms with E-state index in [-0.39, 0.29) is 12.0 Å². The van der Waals surface area contributed by atoms with Crippen molar-refractivity contribution in [3.05, 3.63) is 0 Å². The van der Waals surface area contributed by atoms with Gasteiger partial charge in [-0.3, -0.25) is 4.79 Å². The predicted octanol–water partition coefficient (Wildman–Crippen LogP) is 1.18. The van der Waals surface area contributed by atoms with Crippen LogP contribution in [0.3, 0.4) is 0 Å². The van der Waals surface area contributed by atoms with Crippen LogP contribution in [0.4, 0.5) is 0 Å². The van der Waals surface area contributed by atoms with E-state index in [1.54, 1.807) is 0 Å². The highest BCUT2D eigenvalue weighted by Crippen LogP contribution is 2.28. The largest absolute Gasteiger partial charge is 0.368 e. The Morgan fingerprint density at radius 3 is 2.69 bits per heavy atom. The van der Waals surface area contributed by atoms with Gasteiger partial charge in [0.15, 0.2) is 0 Å². The Hall–Kier alpha value is -0.570. The summed E-state index contributed by atoms with van der Waals surface area (Å²) in [5, 5.41) is 0. The summed E-state index contributed by atoms with van der Waals surface area (Å²) in [4.78, 5) is 13.8. The summed E-state index contributed by atoms with van der Waals surface area (Å²) in [6.07, 6.45) is 4.21. The van der Waals surface area contributed by atoms with Crippen LogP contribution in [0, 0.1) is 0 Å². The molecule has 0 aromatic carbocycles. The lowest BCUT2D eigenvalue weighted by Gasteiger charge is -2.23. The van der Waals surface area contributed by atoms with Gasteiger partial charge in [0.2, 0.25) is 0 Å². The zero-order valence-electron chi connectivity index (χ0n) is 8.16. The standard InChI is InChI=1S/C10H17NO2/c1-2-11(8-5-6-8)10(12)9-4-3-7-13-9/h8-9H,2-7H2,1H3/t9-/m1/s1. The highest BCUT2D eigenvalue weighted by atomic mass is 16.5. The number of nitrogens with zero attached hydrogens (tertiary/aromatic N) is 1. The minimum Gasteiger partial charge on any atom is -0.368 e. The summed E-state index contributed by atoms with van der Waals surface area (Å²) in [5.74, 6) is 0.225. The molecule has 0 N–H and O–H groups in total. The van der Waals surface area contributed by atoms with Crippen LogP contribution in [-0.4, -0.2) is 36.1 Å². The first-order valence-electron chi connectivity index (χ1n) is 5.25. The average molecular weight is 183 g/mol. The number of rotatable bonds is 3. The van der Waals surface area contributed by atoms with Gasteiger partial charge in [0.25, 0.3) is 5.91 Å². The molecule has 0 spiro atoms. The molecule has 2 rings (SSSR count). The van der Waals surface area contributed by atoms with E-state index in [1.165, 1.54) is 12.8 Å². The van der Waals surface area contributed by atoms with Crippen molar-refractivity contribution in [1.29, 1.82) is 0 Å². The molecule has 0 aromatic rings. The van der Waals surface area contributed by atoms with Gasteiger partial charge in [-0.2, -0.15) is 0 Å². The van der Waals surface area contributed by atoms with Crippen molar-refractivity contribution in [2.45, 2.75) is 44.8 Å². The fraction of sp³-hybridized carbons (Fsp3) is 0.900. The Bertz CT molecular complexity index is 195. The number of likely N-dealkylation sites (N-methyl/N-ethyl adjacent to an activating group) is 1. The van der Waals surface area contributed by atoms with E-state index >= 15 is 0 Å². The van der Waals surface area contributed by atoms with Gasteiger partial charge in [0, 0.05) is 19.2 Å². The van der Waals surface area contributed by atoms with Gasteiger partial charge in [0.05, 0.1) is 0 Å². The molecule has 1 aliphatic heterocycles. The fourth-order valence-corrected chi connectivity index (χ4v) is 1.94. The summed E-state index contributed by atoms with van der Waals surface area (Å²) >= 11 is 0. The van der Waals surface area contributed by atoms with E-state index < -0.39 is 0 Å². The van der Waals surface area contributed by atoms with Crippen LogP contribution < -0.4 is 0 Å². The Morgan fingerprint density at radius 1 is 1.46 bits per heavy atom. The Kier molecular flexibility index (Phi) is 2.54. The molecule has 1 heterocycles. The third-order valence-electron chi connectivity index (χ3n) is 2.82. The van der Waals surface area contributed by atoms with Crippen LogP contribution >= 0.6 is 0 Å². The molecule has 0 unspecified atom stereocenters. The molecule has 3 heteroatoms. The van der Waals surface area contributed by atoms with Crippen LogP contribution in [0.5, 0.6) is 0 Å². The van der Waals surface area contributed by atoms with Gasteiger partial charge in [-0.15, -0.1) is 0 Å². The van der Waals surface area contributed by atoms with Crippen LogP contribution in [0.15, 0.2) is 0 Å². The zero-order valence-corrected chi connectivity index (χ0v) is 8.16. The number of carbonyl (C=O) groups excluding carboxylic acids is 1. The molecule has 3 nitrogen and oxygen atoms in total. The Morgan fingerprint density at radius 2 is 2.23 bits per heavy atom. The third-order valence-corrected chi connectivity index (χ3v) is 2.82. The van der Waals surface area contributed by atoms with E-state index in [0.717, 1.165) is 26.0 Å². The molecule has 74 valence electrons. The van der Waals surface area contributed by atoms with Crippen LogP contribution in [0.2, 0.25) is 0 Å². The topological polar surface area (TPSA) is 29.5 Å². The highest BCUT2D eigenvalue weighted by Gasteiger charge is 2.36. The summed E-state index contributed by atoms with van der Waals surface area (Å²) in [7, 11) is 0. The van der Waals surface area contributed by atoms with Crippen molar-refractivity contribution in [2.75, 3.05) is 13.2 Å². The normalized spacial score (nSPS) is 27.6. The lowest BCUT2D eigenvalue weighted by Crippen LogP contribution is -2.40. The van der Waals surface area contributed by atoms with Crippen LogP contribution in [0.1, 0.15) is 32.6 Å². The quantitative estimate of drug-likeness (QED) is 0.657. The second-order valence-electron chi connectivity index (χ2n) is 3.86. The van der Waals surface area contributed by atoms with E-state index in [2.05, 4.69) is 0 Å². The number of carbonyl (C=O) groups is 1. The van der Waals surface area contributed by atoms with Crippen LogP contribution in [0.25, 0.3) is 0 Å². The summed E-state index contributed by atoms with van der Waals surface area (Å²) in [6, 6.07) is 0.529. The molecule has 0 radical (unpaired) electrons. The second kappa shape index (κ2) is 3.66. The van der Waals surface area contributed by atoms with Crippen molar-refractivity contribution >= 4 is 5.91 Å². The number of amides is 1. The smallest absolute Gasteiger partial charge is 0.251 e. The average Bonchev–Trinajstić information content (AvgIpc) is 2.83. The van der Waals surface area contributed by atoms with Gasteiger partial charge in [-0.25, -0.2) is 0 Å². The summed E-state index contributed by atoms with van der Waals surface area (Å²) in [6.45, 7) is 3.65.